The van der Waals surface area contributed by atoms with Gasteiger partial charge in [0.25, 0.3) is 0 Å². The molecule has 1 N–H and O–H groups in total. The molecule has 1 fully saturated rings. The molecule has 0 unspecified atom stereocenters. The number of benzene rings is 1. The zero-order chi connectivity index (χ0) is 18.4. The summed E-state index contributed by atoms with van der Waals surface area (Å²) in [6.07, 6.45) is 2.52. The Labute approximate surface area is 150 Å². The standard InChI is InChI=1S/C20H30N2O3/c1-5-14(2)17-8-6-7-9-18(17)21-19(23)15(3)22-12-10-16(11-13-22)20(24)25-4/h6-9,14-16H,5,10-13H2,1-4H3,(H,21,23)/t14-,15-/m0/s1. The first-order chi connectivity index (χ1) is 12.0. The van der Waals surface area contributed by atoms with Gasteiger partial charge in [0.15, 0.2) is 0 Å². The Morgan fingerprint density at radius 3 is 2.48 bits per heavy atom. The van der Waals surface area contributed by atoms with Crippen molar-refractivity contribution >= 4 is 17.6 Å². The minimum absolute atomic E-state index is 0.00673. The Hall–Kier alpha value is -1.88. The van der Waals surface area contributed by atoms with E-state index >= 15 is 0 Å². The van der Waals surface area contributed by atoms with Gasteiger partial charge in [-0.1, -0.05) is 32.0 Å². The SMILES string of the molecule is CC[C@H](C)c1ccccc1NC(=O)[C@H](C)N1CCC(C(=O)OC)CC1. The maximum absolute atomic E-state index is 12.7. The zero-order valence-corrected chi connectivity index (χ0v) is 15.7. The van der Waals surface area contributed by atoms with Crippen molar-refractivity contribution < 1.29 is 14.3 Å². The fraction of sp³-hybridized carbons (Fsp3) is 0.600. The van der Waals surface area contributed by atoms with E-state index in [9.17, 15) is 9.59 Å². The molecular weight excluding hydrogens is 316 g/mol. The summed E-state index contributed by atoms with van der Waals surface area (Å²) in [5.74, 6) is 0.233. The van der Waals surface area contributed by atoms with Crippen LogP contribution in [0.4, 0.5) is 5.69 Å². The van der Waals surface area contributed by atoms with Crippen LogP contribution in [0.5, 0.6) is 0 Å². The molecule has 1 amide bonds. The summed E-state index contributed by atoms with van der Waals surface area (Å²) in [4.78, 5) is 26.5. The number of hydrogen-bond donors (Lipinski definition) is 1. The van der Waals surface area contributed by atoms with Gasteiger partial charge in [0, 0.05) is 5.69 Å². The highest BCUT2D eigenvalue weighted by molar-refractivity contribution is 5.95. The molecule has 2 atom stereocenters. The highest BCUT2D eigenvalue weighted by atomic mass is 16.5. The number of para-hydroxylation sites is 1. The van der Waals surface area contributed by atoms with Crippen molar-refractivity contribution in [2.75, 3.05) is 25.5 Å². The Bertz CT molecular complexity index is 594. The molecule has 1 aliphatic rings. The van der Waals surface area contributed by atoms with Crippen LogP contribution in [0.2, 0.25) is 0 Å². The van der Waals surface area contributed by atoms with Crippen LogP contribution in [0.15, 0.2) is 24.3 Å². The van der Waals surface area contributed by atoms with Crippen LogP contribution in [0.25, 0.3) is 0 Å². The third-order valence-corrected chi connectivity index (χ3v) is 5.35. The van der Waals surface area contributed by atoms with Crippen LogP contribution in [0.3, 0.4) is 0 Å². The number of esters is 1. The summed E-state index contributed by atoms with van der Waals surface area (Å²) in [6.45, 7) is 7.73. The third kappa shape index (κ3) is 4.82. The van der Waals surface area contributed by atoms with Gasteiger partial charge >= 0.3 is 5.97 Å². The van der Waals surface area contributed by atoms with Gasteiger partial charge in [-0.05, 0) is 56.8 Å². The molecule has 1 heterocycles. The fourth-order valence-electron chi connectivity index (χ4n) is 3.35. The first-order valence-corrected chi connectivity index (χ1v) is 9.19. The van der Waals surface area contributed by atoms with Crippen molar-refractivity contribution in [3.8, 4) is 0 Å². The summed E-state index contributed by atoms with van der Waals surface area (Å²) in [5.41, 5.74) is 2.08. The molecule has 0 bridgehead atoms. The molecule has 0 radical (unpaired) electrons. The van der Waals surface area contributed by atoms with Gasteiger partial charge < -0.3 is 10.1 Å². The monoisotopic (exact) mass is 346 g/mol. The molecule has 0 saturated carbocycles. The lowest BCUT2D eigenvalue weighted by Gasteiger charge is -2.34. The van der Waals surface area contributed by atoms with Gasteiger partial charge in [0.1, 0.15) is 0 Å². The highest BCUT2D eigenvalue weighted by Crippen LogP contribution is 2.27. The summed E-state index contributed by atoms with van der Waals surface area (Å²) in [6, 6.07) is 7.79. The third-order valence-electron chi connectivity index (χ3n) is 5.35. The average Bonchev–Trinajstić information content (AvgIpc) is 2.66. The predicted molar refractivity (Wildman–Crippen MR) is 99.6 cm³/mol. The number of ether oxygens (including phenoxy) is 1. The van der Waals surface area contributed by atoms with Crippen LogP contribution in [-0.4, -0.2) is 43.0 Å². The number of carbonyl (C=O) groups is 2. The molecular formula is C20H30N2O3. The lowest BCUT2D eigenvalue weighted by molar-refractivity contribution is -0.147. The average molecular weight is 346 g/mol. The number of carbonyl (C=O) groups excluding carboxylic acids is 2. The summed E-state index contributed by atoms with van der Waals surface area (Å²) < 4.78 is 4.82. The van der Waals surface area contributed by atoms with Gasteiger partial charge in [0.05, 0.1) is 19.1 Å². The Morgan fingerprint density at radius 1 is 1.24 bits per heavy atom. The predicted octanol–water partition coefficient (Wildman–Crippen LogP) is 3.41. The van der Waals surface area contributed by atoms with E-state index in [1.807, 2.05) is 25.1 Å². The first-order valence-electron chi connectivity index (χ1n) is 9.19. The second kappa shape index (κ2) is 8.99. The molecule has 0 spiro atoms. The van der Waals surface area contributed by atoms with E-state index in [1.165, 1.54) is 12.7 Å². The molecule has 138 valence electrons. The smallest absolute Gasteiger partial charge is 0.308 e. The lowest BCUT2D eigenvalue weighted by Crippen LogP contribution is -2.47. The van der Waals surface area contributed by atoms with Gasteiger partial charge in [-0.2, -0.15) is 0 Å². The van der Waals surface area contributed by atoms with Crippen LogP contribution in [0, 0.1) is 5.92 Å². The zero-order valence-electron chi connectivity index (χ0n) is 15.7. The lowest BCUT2D eigenvalue weighted by atomic mass is 9.95. The van der Waals surface area contributed by atoms with Gasteiger partial charge in [-0.25, -0.2) is 0 Å². The maximum Gasteiger partial charge on any atom is 0.308 e. The van der Waals surface area contributed by atoms with E-state index in [4.69, 9.17) is 4.74 Å². The fourth-order valence-corrected chi connectivity index (χ4v) is 3.35. The van der Waals surface area contributed by atoms with Gasteiger partial charge in [0.2, 0.25) is 5.91 Å². The minimum atomic E-state index is -0.219. The summed E-state index contributed by atoms with van der Waals surface area (Å²) in [5, 5.41) is 3.10. The largest absolute Gasteiger partial charge is 0.469 e. The van der Waals surface area contributed by atoms with E-state index in [0.29, 0.717) is 5.92 Å². The number of methoxy groups -OCH3 is 1. The van der Waals surface area contributed by atoms with E-state index in [0.717, 1.165) is 38.0 Å². The molecule has 1 aromatic carbocycles. The number of amides is 1. The molecule has 2 rings (SSSR count). The Balaban J connectivity index is 1.97. The molecule has 25 heavy (non-hydrogen) atoms. The summed E-state index contributed by atoms with van der Waals surface area (Å²) in [7, 11) is 1.43. The van der Waals surface area contributed by atoms with Crippen molar-refractivity contribution in [1.82, 2.24) is 4.90 Å². The molecule has 0 aliphatic carbocycles. The first kappa shape index (κ1) is 19.4. The number of piperidine rings is 1. The van der Waals surface area contributed by atoms with E-state index in [1.54, 1.807) is 0 Å². The van der Waals surface area contributed by atoms with Crippen molar-refractivity contribution in [2.24, 2.45) is 5.92 Å². The topological polar surface area (TPSA) is 58.6 Å². The number of hydrogen-bond acceptors (Lipinski definition) is 4. The van der Waals surface area contributed by atoms with Crippen molar-refractivity contribution in [1.29, 1.82) is 0 Å². The number of rotatable bonds is 6. The Morgan fingerprint density at radius 2 is 1.88 bits per heavy atom. The minimum Gasteiger partial charge on any atom is -0.469 e. The van der Waals surface area contributed by atoms with Gasteiger partial charge in [-0.15, -0.1) is 0 Å². The second-order valence-corrected chi connectivity index (χ2v) is 6.90. The summed E-state index contributed by atoms with van der Waals surface area (Å²) >= 11 is 0. The number of likely N-dealkylation sites (tertiary alicyclic amines) is 1. The van der Waals surface area contributed by atoms with Crippen LogP contribution in [0.1, 0.15) is 51.5 Å². The van der Waals surface area contributed by atoms with E-state index < -0.39 is 0 Å². The van der Waals surface area contributed by atoms with Crippen LogP contribution in [-0.2, 0) is 14.3 Å². The Kier molecular flexibility index (Phi) is 7.00. The highest BCUT2D eigenvalue weighted by Gasteiger charge is 2.30. The quantitative estimate of drug-likeness (QED) is 0.802. The van der Waals surface area contributed by atoms with Gasteiger partial charge in [-0.3, -0.25) is 14.5 Å². The normalized spacial score (nSPS) is 18.4. The number of nitrogens with one attached hydrogen (secondary N) is 1. The van der Waals surface area contributed by atoms with Crippen molar-refractivity contribution in [2.45, 2.75) is 52.0 Å². The molecule has 5 heteroatoms. The van der Waals surface area contributed by atoms with Crippen molar-refractivity contribution in [3.05, 3.63) is 29.8 Å². The maximum atomic E-state index is 12.7. The van der Waals surface area contributed by atoms with E-state index in [2.05, 4.69) is 30.1 Å². The van der Waals surface area contributed by atoms with Crippen molar-refractivity contribution in [3.63, 3.8) is 0 Å². The molecule has 1 aromatic rings. The number of nitrogens with zero attached hydrogens (tertiary/aromatic N) is 1. The molecule has 1 saturated heterocycles. The second-order valence-electron chi connectivity index (χ2n) is 6.90. The van der Waals surface area contributed by atoms with Crippen LogP contribution < -0.4 is 5.32 Å². The molecule has 0 aromatic heterocycles. The molecule has 5 nitrogen and oxygen atoms in total. The van der Waals surface area contributed by atoms with E-state index in [-0.39, 0.29) is 23.8 Å². The molecule has 1 aliphatic heterocycles. The number of anilines is 1. The van der Waals surface area contributed by atoms with Crippen LogP contribution >= 0.6 is 0 Å².